The number of ether oxygens (including phenoxy) is 4. The van der Waals surface area contributed by atoms with Gasteiger partial charge in [0.05, 0.1) is 26.4 Å². The molecule has 0 aliphatic carbocycles. The van der Waals surface area contributed by atoms with E-state index in [0.717, 1.165) is 5.56 Å². The van der Waals surface area contributed by atoms with Crippen molar-refractivity contribution in [2.24, 2.45) is 0 Å². The Morgan fingerprint density at radius 2 is 1.68 bits per heavy atom. The maximum absolute atomic E-state index is 11.3. The highest BCUT2D eigenvalue weighted by Crippen LogP contribution is 2.00. The van der Waals surface area contributed by atoms with Gasteiger partial charge in [0, 0.05) is 7.11 Å². The smallest absolute Gasteiger partial charge is 0.332 e. The summed E-state index contributed by atoms with van der Waals surface area (Å²) in [6.45, 7) is 2.10. The van der Waals surface area contributed by atoms with Gasteiger partial charge in [-0.15, -0.1) is 0 Å². The normalized spacial score (nSPS) is 10.4. The van der Waals surface area contributed by atoms with Crippen molar-refractivity contribution in [3.8, 4) is 0 Å². The summed E-state index contributed by atoms with van der Waals surface area (Å²) in [6, 6.07) is 9.52. The van der Waals surface area contributed by atoms with Gasteiger partial charge in [-0.3, -0.25) is 0 Å². The van der Waals surface area contributed by atoms with Crippen molar-refractivity contribution in [1.82, 2.24) is 0 Å². The van der Waals surface area contributed by atoms with E-state index < -0.39 is 0 Å². The van der Waals surface area contributed by atoms with Crippen molar-refractivity contribution in [2.75, 3.05) is 40.1 Å². The molecule has 0 amide bonds. The van der Waals surface area contributed by atoms with Crippen LogP contribution in [-0.4, -0.2) is 46.1 Å². The van der Waals surface area contributed by atoms with Crippen molar-refractivity contribution < 1.29 is 23.7 Å². The molecule has 0 spiro atoms. The highest BCUT2D eigenvalue weighted by Gasteiger charge is 2.03. The second-order valence-electron chi connectivity index (χ2n) is 3.80. The molecule has 0 unspecified atom stereocenters. The molecular formula is C14H20O5. The molecule has 0 saturated carbocycles. The fraction of sp³-hybridized carbons (Fsp3) is 0.500. The van der Waals surface area contributed by atoms with Crippen LogP contribution in [0.4, 0.5) is 0 Å². The molecule has 0 atom stereocenters. The van der Waals surface area contributed by atoms with Crippen molar-refractivity contribution in [2.45, 2.75) is 6.61 Å². The Bertz CT molecular complexity index is 339. The fourth-order valence-electron chi connectivity index (χ4n) is 1.30. The molecule has 0 aliphatic rings. The fourth-order valence-corrected chi connectivity index (χ4v) is 1.30. The number of methoxy groups -OCH3 is 1. The predicted molar refractivity (Wildman–Crippen MR) is 69.8 cm³/mol. The molecule has 5 heteroatoms. The lowest BCUT2D eigenvalue weighted by molar-refractivity contribution is -0.150. The molecule has 0 heterocycles. The third-order valence-electron chi connectivity index (χ3n) is 2.27. The van der Waals surface area contributed by atoms with Crippen LogP contribution >= 0.6 is 0 Å². The summed E-state index contributed by atoms with van der Waals surface area (Å²) in [5.41, 5.74) is 0.957. The quantitative estimate of drug-likeness (QED) is 0.474. The summed E-state index contributed by atoms with van der Waals surface area (Å²) in [5.74, 6) is -0.374. The van der Waals surface area contributed by atoms with Crippen LogP contribution in [0.15, 0.2) is 30.3 Å². The molecule has 1 aromatic carbocycles. The molecule has 0 aliphatic heterocycles. The van der Waals surface area contributed by atoms with Gasteiger partial charge < -0.3 is 18.9 Å². The molecule has 0 N–H and O–H groups in total. The Morgan fingerprint density at radius 3 is 2.42 bits per heavy atom. The summed E-state index contributed by atoms with van der Waals surface area (Å²) in [7, 11) is 1.61. The van der Waals surface area contributed by atoms with Crippen LogP contribution in [0.25, 0.3) is 0 Å². The lowest BCUT2D eigenvalue weighted by atomic mass is 10.2. The maximum Gasteiger partial charge on any atom is 0.332 e. The van der Waals surface area contributed by atoms with Crippen LogP contribution in [0, 0.1) is 0 Å². The minimum absolute atomic E-state index is 0.0551. The van der Waals surface area contributed by atoms with Crippen molar-refractivity contribution in [1.29, 1.82) is 0 Å². The van der Waals surface area contributed by atoms with E-state index in [0.29, 0.717) is 26.4 Å². The van der Waals surface area contributed by atoms with Crippen LogP contribution < -0.4 is 0 Å². The highest BCUT2D eigenvalue weighted by atomic mass is 16.6. The minimum Gasteiger partial charge on any atom is -0.459 e. The zero-order valence-electron chi connectivity index (χ0n) is 11.2. The molecule has 0 radical (unpaired) electrons. The van der Waals surface area contributed by atoms with Gasteiger partial charge in [0.25, 0.3) is 0 Å². The van der Waals surface area contributed by atoms with Crippen LogP contribution in [-0.2, 0) is 30.3 Å². The predicted octanol–water partition coefficient (Wildman–Crippen LogP) is 1.41. The van der Waals surface area contributed by atoms with Crippen molar-refractivity contribution in [3.05, 3.63) is 35.9 Å². The number of benzene rings is 1. The standard InChI is InChI=1S/C14H20O5/c1-16-7-8-17-9-10-18-12-14(15)19-11-13-5-3-2-4-6-13/h2-6H,7-12H2,1H3. The van der Waals surface area contributed by atoms with Gasteiger partial charge in [0.15, 0.2) is 0 Å². The second-order valence-corrected chi connectivity index (χ2v) is 3.80. The van der Waals surface area contributed by atoms with E-state index in [2.05, 4.69) is 0 Å². The summed E-state index contributed by atoms with van der Waals surface area (Å²) >= 11 is 0. The summed E-state index contributed by atoms with van der Waals surface area (Å²) < 4.78 is 20.2. The number of rotatable bonds is 10. The van der Waals surface area contributed by atoms with Gasteiger partial charge in [-0.2, -0.15) is 0 Å². The van der Waals surface area contributed by atoms with E-state index in [9.17, 15) is 4.79 Å². The first-order valence-corrected chi connectivity index (χ1v) is 6.17. The molecule has 1 rings (SSSR count). The topological polar surface area (TPSA) is 54.0 Å². The van der Waals surface area contributed by atoms with E-state index in [4.69, 9.17) is 18.9 Å². The average Bonchev–Trinajstić information content (AvgIpc) is 2.45. The Labute approximate surface area is 113 Å². The number of carbonyl (C=O) groups excluding carboxylic acids is 1. The van der Waals surface area contributed by atoms with Crippen LogP contribution in [0.3, 0.4) is 0 Å². The number of carbonyl (C=O) groups is 1. The molecule has 19 heavy (non-hydrogen) atoms. The monoisotopic (exact) mass is 268 g/mol. The minimum atomic E-state index is -0.374. The second kappa shape index (κ2) is 10.5. The van der Waals surface area contributed by atoms with Crippen molar-refractivity contribution in [3.63, 3.8) is 0 Å². The molecule has 0 bridgehead atoms. The third kappa shape index (κ3) is 8.31. The summed E-state index contributed by atoms with van der Waals surface area (Å²) in [4.78, 5) is 11.3. The van der Waals surface area contributed by atoms with Gasteiger partial charge in [-0.25, -0.2) is 4.79 Å². The first kappa shape index (κ1) is 15.6. The maximum atomic E-state index is 11.3. The number of hydrogen-bond acceptors (Lipinski definition) is 5. The first-order valence-electron chi connectivity index (χ1n) is 6.17. The van der Waals surface area contributed by atoms with E-state index in [1.165, 1.54) is 0 Å². The first-order chi connectivity index (χ1) is 9.33. The molecular weight excluding hydrogens is 248 g/mol. The molecule has 5 nitrogen and oxygen atoms in total. The Balaban J connectivity index is 1.96. The van der Waals surface area contributed by atoms with Gasteiger partial charge in [-0.05, 0) is 5.56 Å². The van der Waals surface area contributed by atoms with Gasteiger partial charge >= 0.3 is 5.97 Å². The Hall–Kier alpha value is -1.43. The average molecular weight is 268 g/mol. The molecule has 106 valence electrons. The van der Waals surface area contributed by atoms with E-state index in [1.54, 1.807) is 7.11 Å². The summed E-state index contributed by atoms with van der Waals surface area (Å²) in [5, 5.41) is 0. The largest absolute Gasteiger partial charge is 0.459 e. The van der Waals surface area contributed by atoms with Crippen LogP contribution in [0.2, 0.25) is 0 Å². The number of hydrogen-bond donors (Lipinski definition) is 0. The van der Waals surface area contributed by atoms with Crippen molar-refractivity contribution >= 4 is 5.97 Å². The van der Waals surface area contributed by atoms with E-state index in [-0.39, 0.29) is 19.2 Å². The van der Waals surface area contributed by atoms with E-state index >= 15 is 0 Å². The van der Waals surface area contributed by atoms with Gasteiger partial charge in [0.2, 0.25) is 0 Å². The van der Waals surface area contributed by atoms with Gasteiger partial charge in [0.1, 0.15) is 13.2 Å². The highest BCUT2D eigenvalue weighted by molar-refractivity contribution is 5.70. The van der Waals surface area contributed by atoms with Crippen LogP contribution in [0.5, 0.6) is 0 Å². The summed E-state index contributed by atoms with van der Waals surface area (Å²) in [6.07, 6.45) is 0. The Morgan fingerprint density at radius 1 is 1.00 bits per heavy atom. The zero-order valence-corrected chi connectivity index (χ0v) is 11.2. The van der Waals surface area contributed by atoms with E-state index in [1.807, 2.05) is 30.3 Å². The Kier molecular flexibility index (Phi) is 8.63. The zero-order chi connectivity index (χ0) is 13.8. The third-order valence-corrected chi connectivity index (χ3v) is 2.27. The molecule has 0 fully saturated rings. The SMILES string of the molecule is COCCOCCOCC(=O)OCc1ccccc1. The molecule has 1 aromatic rings. The lowest BCUT2D eigenvalue weighted by Gasteiger charge is -2.06. The number of esters is 1. The molecule has 0 saturated heterocycles. The lowest BCUT2D eigenvalue weighted by Crippen LogP contribution is -2.15. The molecule has 0 aromatic heterocycles. The van der Waals surface area contributed by atoms with Crippen LogP contribution in [0.1, 0.15) is 5.56 Å². The van der Waals surface area contributed by atoms with Gasteiger partial charge in [-0.1, -0.05) is 30.3 Å².